The van der Waals surface area contributed by atoms with Crippen molar-refractivity contribution in [3.63, 3.8) is 0 Å². The number of pyridine rings is 2. The van der Waals surface area contributed by atoms with Gasteiger partial charge in [0.05, 0.1) is 6.54 Å². The molecule has 2 aromatic carbocycles. The molecule has 5 rings (SSSR count). The van der Waals surface area contributed by atoms with Crippen LogP contribution in [0.15, 0.2) is 77.9 Å². The average molecular weight is 478 g/mol. The summed E-state index contributed by atoms with van der Waals surface area (Å²) in [5.41, 5.74) is 4.86. The Kier molecular flexibility index (Phi) is 6.26. The van der Waals surface area contributed by atoms with Crippen LogP contribution in [0, 0.1) is 11.6 Å². The smallest absolute Gasteiger partial charge is 0.259 e. The highest BCUT2D eigenvalue weighted by atomic mass is 35.5. The van der Waals surface area contributed by atoms with Crippen molar-refractivity contribution in [1.29, 1.82) is 0 Å². The molecule has 0 radical (unpaired) electrons. The van der Waals surface area contributed by atoms with E-state index in [1.54, 1.807) is 24.5 Å². The zero-order valence-electron chi connectivity index (χ0n) is 18.3. The van der Waals surface area contributed by atoms with Gasteiger partial charge in [-0.2, -0.15) is 0 Å². The largest absolute Gasteiger partial charge is 0.307 e. The summed E-state index contributed by atoms with van der Waals surface area (Å²) >= 11 is 6.46. The van der Waals surface area contributed by atoms with E-state index in [4.69, 9.17) is 11.6 Å². The molecule has 0 saturated carbocycles. The van der Waals surface area contributed by atoms with E-state index in [0.717, 1.165) is 22.9 Å². The normalized spacial score (nSPS) is 13.6. The van der Waals surface area contributed by atoms with E-state index in [1.165, 1.54) is 6.07 Å². The number of hydrogen-bond acceptors (Lipinski definition) is 3. The molecule has 0 amide bonds. The Morgan fingerprint density at radius 1 is 0.882 bits per heavy atom. The third-order valence-electron chi connectivity index (χ3n) is 6.19. The van der Waals surface area contributed by atoms with Gasteiger partial charge in [0.1, 0.15) is 0 Å². The number of halogens is 3. The van der Waals surface area contributed by atoms with E-state index in [2.05, 4.69) is 9.88 Å². The molecular weight excluding hydrogens is 456 g/mol. The summed E-state index contributed by atoms with van der Waals surface area (Å²) in [5, 5.41) is 0.518. The number of hydrogen-bond donors (Lipinski definition) is 0. The highest BCUT2D eigenvalue weighted by molar-refractivity contribution is 6.33. The summed E-state index contributed by atoms with van der Waals surface area (Å²) in [6.07, 6.45) is 4.10. The summed E-state index contributed by atoms with van der Waals surface area (Å²) in [4.78, 5) is 19.9. The fourth-order valence-corrected chi connectivity index (χ4v) is 4.76. The third kappa shape index (κ3) is 4.52. The standard InChI is InChI=1S/C27H22ClF2N3O/c28-23-4-2-1-3-21(23)22-14-20-17-32(15-19-5-6-24(29)25(30)13-19)12-9-26(20)33(27(22)34)16-18-7-10-31-11-8-18/h1-8,10-11,13-14H,9,12,15-17H2. The molecule has 1 aliphatic rings. The van der Waals surface area contributed by atoms with Crippen LogP contribution in [0.1, 0.15) is 22.4 Å². The van der Waals surface area contributed by atoms with E-state index in [-0.39, 0.29) is 5.56 Å². The van der Waals surface area contributed by atoms with Gasteiger partial charge in [-0.3, -0.25) is 14.7 Å². The number of nitrogens with zero attached hydrogens (tertiary/aromatic N) is 3. The molecule has 34 heavy (non-hydrogen) atoms. The second-order valence-electron chi connectivity index (χ2n) is 8.47. The molecule has 3 heterocycles. The van der Waals surface area contributed by atoms with E-state index in [1.807, 2.05) is 41.0 Å². The van der Waals surface area contributed by atoms with E-state index < -0.39 is 11.6 Å². The Hall–Kier alpha value is -3.35. The molecule has 0 spiro atoms. The van der Waals surface area contributed by atoms with Gasteiger partial charge in [0, 0.05) is 60.3 Å². The van der Waals surface area contributed by atoms with Crippen molar-refractivity contribution in [2.75, 3.05) is 6.54 Å². The van der Waals surface area contributed by atoms with Gasteiger partial charge in [-0.25, -0.2) is 8.78 Å². The summed E-state index contributed by atoms with van der Waals surface area (Å²) in [6.45, 7) is 2.21. The summed E-state index contributed by atoms with van der Waals surface area (Å²) in [5.74, 6) is -1.70. The van der Waals surface area contributed by atoms with Crippen molar-refractivity contribution in [3.8, 4) is 11.1 Å². The Morgan fingerprint density at radius 2 is 1.68 bits per heavy atom. The Bertz CT molecular complexity index is 1410. The molecule has 0 fully saturated rings. The first-order valence-electron chi connectivity index (χ1n) is 11.1. The predicted molar refractivity (Wildman–Crippen MR) is 129 cm³/mol. The van der Waals surface area contributed by atoms with Crippen LogP contribution < -0.4 is 5.56 Å². The molecule has 0 atom stereocenters. The second kappa shape index (κ2) is 9.49. The van der Waals surface area contributed by atoms with Crippen LogP contribution in [0.2, 0.25) is 5.02 Å². The quantitative estimate of drug-likeness (QED) is 0.383. The van der Waals surface area contributed by atoms with Crippen molar-refractivity contribution in [2.24, 2.45) is 0 Å². The lowest BCUT2D eigenvalue weighted by Crippen LogP contribution is -2.36. The summed E-state index contributed by atoms with van der Waals surface area (Å²) < 4.78 is 28.9. The molecule has 0 saturated heterocycles. The zero-order valence-corrected chi connectivity index (χ0v) is 19.1. The van der Waals surface area contributed by atoms with Gasteiger partial charge in [-0.15, -0.1) is 0 Å². The molecule has 2 aromatic heterocycles. The van der Waals surface area contributed by atoms with Crippen LogP contribution in [0.3, 0.4) is 0 Å². The van der Waals surface area contributed by atoms with Crippen molar-refractivity contribution < 1.29 is 8.78 Å². The van der Waals surface area contributed by atoms with E-state index in [9.17, 15) is 13.6 Å². The predicted octanol–water partition coefficient (Wildman–Crippen LogP) is 5.45. The summed E-state index contributed by atoms with van der Waals surface area (Å²) in [6, 6.07) is 17.1. The Balaban J connectivity index is 1.55. The van der Waals surface area contributed by atoms with Gasteiger partial charge in [0.15, 0.2) is 11.6 Å². The van der Waals surface area contributed by atoms with Crippen molar-refractivity contribution in [3.05, 3.63) is 122 Å². The Labute approximate surface area is 201 Å². The molecule has 0 bridgehead atoms. The maximum absolute atomic E-state index is 13.7. The molecule has 0 N–H and O–H groups in total. The molecule has 4 nitrogen and oxygen atoms in total. The summed E-state index contributed by atoms with van der Waals surface area (Å²) in [7, 11) is 0. The van der Waals surface area contributed by atoms with Gasteiger partial charge in [0.25, 0.3) is 5.56 Å². The van der Waals surface area contributed by atoms with Crippen LogP contribution in [-0.2, 0) is 26.1 Å². The molecule has 7 heteroatoms. The maximum atomic E-state index is 13.7. The monoisotopic (exact) mass is 477 g/mol. The van der Waals surface area contributed by atoms with Gasteiger partial charge in [-0.1, -0.05) is 35.9 Å². The molecule has 0 unspecified atom stereocenters. The maximum Gasteiger partial charge on any atom is 0.259 e. The minimum absolute atomic E-state index is 0.0854. The lowest BCUT2D eigenvalue weighted by molar-refractivity contribution is 0.240. The number of rotatable bonds is 5. The molecule has 172 valence electrons. The molecular formula is C27H22ClF2N3O. The van der Waals surface area contributed by atoms with Crippen molar-refractivity contribution in [2.45, 2.75) is 26.1 Å². The average Bonchev–Trinajstić information content (AvgIpc) is 2.84. The van der Waals surface area contributed by atoms with E-state index >= 15 is 0 Å². The zero-order chi connectivity index (χ0) is 23.7. The van der Waals surface area contributed by atoms with Gasteiger partial charge < -0.3 is 4.57 Å². The van der Waals surface area contributed by atoms with Crippen LogP contribution >= 0.6 is 11.6 Å². The molecule has 1 aliphatic heterocycles. The fraction of sp³-hybridized carbons (Fsp3) is 0.185. The van der Waals surface area contributed by atoms with Gasteiger partial charge in [0.2, 0.25) is 0 Å². The van der Waals surface area contributed by atoms with Gasteiger partial charge in [-0.05, 0) is 53.1 Å². The Morgan fingerprint density at radius 3 is 2.44 bits per heavy atom. The topological polar surface area (TPSA) is 38.1 Å². The first-order valence-corrected chi connectivity index (χ1v) is 11.4. The fourth-order valence-electron chi connectivity index (χ4n) is 4.52. The molecule has 0 aliphatic carbocycles. The lowest BCUT2D eigenvalue weighted by Gasteiger charge is -2.31. The number of benzene rings is 2. The number of fused-ring (bicyclic) bond motifs is 1. The van der Waals surface area contributed by atoms with Crippen molar-refractivity contribution >= 4 is 11.6 Å². The lowest BCUT2D eigenvalue weighted by atomic mass is 9.98. The van der Waals surface area contributed by atoms with Crippen LogP contribution in [0.5, 0.6) is 0 Å². The number of aromatic nitrogens is 2. The second-order valence-corrected chi connectivity index (χ2v) is 8.87. The third-order valence-corrected chi connectivity index (χ3v) is 6.52. The first kappa shape index (κ1) is 22.4. The van der Waals surface area contributed by atoms with Gasteiger partial charge >= 0.3 is 0 Å². The van der Waals surface area contributed by atoms with Crippen LogP contribution in [-0.4, -0.2) is 21.0 Å². The van der Waals surface area contributed by atoms with Crippen LogP contribution in [0.4, 0.5) is 8.78 Å². The first-order chi connectivity index (χ1) is 16.5. The highest BCUT2D eigenvalue weighted by Crippen LogP contribution is 2.29. The van der Waals surface area contributed by atoms with E-state index in [0.29, 0.717) is 54.3 Å². The van der Waals surface area contributed by atoms with Crippen molar-refractivity contribution in [1.82, 2.24) is 14.5 Å². The highest BCUT2D eigenvalue weighted by Gasteiger charge is 2.23. The minimum Gasteiger partial charge on any atom is -0.307 e. The minimum atomic E-state index is -0.850. The SMILES string of the molecule is O=c1c(-c2ccccc2Cl)cc2c(n1Cc1ccncc1)CCN(Cc1ccc(F)c(F)c1)C2. The van der Waals surface area contributed by atoms with Crippen LogP contribution in [0.25, 0.3) is 11.1 Å². The molecule has 4 aromatic rings.